The molecule has 0 bridgehead atoms. The maximum Gasteiger partial charge on any atom is 0.243 e. The quantitative estimate of drug-likeness (QED) is 0.334. The molecule has 2 atom stereocenters. The van der Waals surface area contributed by atoms with Crippen molar-refractivity contribution in [3.63, 3.8) is 0 Å². The molecule has 2 N–H and O–H groups in total. The van der Waals surface area contributed by atoms with Gasteiger partial charge in [0.1, 0.15) is 12.1 Å². The van der Waals surface area contributed by atoms with Gasteiger partial charge in [-0.05, 0) is 55.8 Å². The molecule has 2 aliphatic carbocycles. The van der Waals surface area contributed by atoms with E-state index in [1.54, 1.807) is 11.8 Å². The van der Waals surface area contributed by atoms with Gasteiger partial charge in [0.2, 0.25) is 21.8 Å². The smallest absolute Gasteiger partial charge is 0.243 e. The lowest BCUT2D eigenvalue weighted by molar-refractivity contribution is -0.130. The highest BCUT2D eigenvalue weighted by Gasteiger charge is 2.44. The average Bonchev–Trinajstić information content (AvgIpc) is 3.73. The number of thioether (sulfide) groups is 2. The van der Waals surface area contributed by atoms with Gasteiger partial charge in [-0.2, -0.15) is 16.1 Å². The minimum absolute atomic E-state index is 0. The van der Waals surface area contributed by atoms with Crippen LogP contribution in [0.3, 0.4) is 0 Å². The third-order valence-electron chi connectivity index (χ3n) is 9.37. The monoisotopic (exact) mass is 672 g/mol. The molecule has 2 heterocycles. The number of sulfonamides is 1. The number of carbonyl (C=O) groups is 2. The lowest BCUT2D eigenvalue weighted by Crippen LogP contribution is -2.57. The van der Waals surface area contributed by atoms with E-state index in [4.69, 9.17) is 0 Å². The molecule has 0 aromatic heterocycles. The van der Waals surface area contributed by atoms with E-state index in [-0.39, 0.29) is 35.5 Å². The first-order valence-corrected chi connectivity index (χ1v) is 19.7. The van der Waals surface area contributed by atoms with Crippen LogP contribution >= 0.6 is 35.9 Å². The second-order valence-electron chi connectivity index (χ2n) is 12.5. The first kappa shape index (κ1) is 34.9. The van der Waals surface area contributed by atoms with E-state index >= 15 is 0 Å². The van der Waals surface area contributed by atoms with Crippen molar-refractivity contribution in [1.82, 2.24) is 19.8 Å². The number of halogens is 1. The number of nitrogens with one attached hydrogen (secondary N) is 2. The van der Waals surface area contributed by atoms with Crippen LogP contribution in [0.25, 0.3) is 0 Å². The Balaban J connectivity index is 0.00000423. The highest BCUT2D eigenvalue weighted by Crippen LogP contribution is 2.33. The van der Waals surface area contributed by atoms with Gasteiger partial charge in [0, 0.05) is 37.2 Å². The maximum absolute atomic E-state index is 13.6. The van der Waals surface area contributed by atoms with Crippen molar-refractivity contribution in [2.24, 2.45) is 5.92 Å². The molecule has 1 unspecified atom stereocenters. The lowest BCUT2D eigenvalue weighted by Gasteiger charge is -2.33. The molecule has 2 aliphatic heterocycles. The number of hydrogen-bond donors (Lipinski definition) is 2. The predicted molar refractivity (Wildman–Crippen MR) is 180 cm³/mol. The number of hydrogen-bond acceptors (Lipinski definition) is 7. The van der Waals surface area contributed by atoms with E-state index in [0.29, 0.717) is 36.1 Å². The van der Waals surface area contributed by atoms with Crippen molar-refractivity contribution in [3.8, 4) is 0 Å². The Labute approximate surface area is 273 Å². The van der Waals surface area contributed by atoms with Crippen molar-refractivity contribution in [2.75, 3.05) is 36.2 Å². The summed E-state index contributed by atoms with van der Waals surface area (Å²) < 4.78 is 28.1. The van der Waals surface area contributed by atoms with Crippen LogP contribution in [0.1, 0.15) is 76.2 Å². The third kappa shape index (κ3) is 9.75. The number of carbonyl (C=O) groups excluding carboxylic acids is 2. The molecule has 4 aliphatic rings. The summed E-state index contributed by atoms with van der Waals surface area (Å²) in [5, 5.41) is 5.88. The normalized spacial score (nSPS) is 24.0. The Morgan fingerprint density at radius 2 is 1.63 bits per heavy atom. The topological polar surface area (TPSA) is 98.8 Å². The predicted octanol–water partition coefficient (Wildman–Crippen LogP) is 4.63. The molecule has 4 fully saturated rings. The number of nitrogens with zero attached hydrogens (tertiary/aromatic N) is 2. The van der Waals surface area contributed by atoms with Gasteiger partial charge in [0.05, 0.1) is 11.1 Å². The fourth-order valence-electron chi connectivity index (χ4n) is 6.80. The fraction of sp³-hybridized carbons (Fsp3) is 0.742. The SMILES string of the molecule is Cl.O=C(N[C@@H](CSCC1CCCCC1)C(=O)NC1CCN(Cc2ccccc2)CC1)C1CSCN1S(=O)(=O)C1CCCC1. The van der Waals surface area contributed by atoms with E-state index in [9.17, 15) is 18.0 Å². The molecule has 8 nitrogen and oxygen atoms in total. The van der Waals surface area contributed by atoms with Crippen LogP contribution in [0, 0.1) is 5.92 Å². The molecule has 2 saturated carbocycles. The van der Waals surface area contributed by atoms with Crippen LogP contribution in [-0.2, 0) is 26.2 Å². The van der Waals surface area contributed by atoms with E-state index in [2.05, 4.69) is 39.8 Å². The van der Waals surface area contributed by atoms with Gasteiger partial charge >= 0.3 is 0 Å². The highest BCUT2D eigenvalue weighted by molar-refractivity contribution is 8.00. The molecular formula is C31H49ClN4O4S3. The van der Waals surface area contributed by atoms with Crippen LogP contribution in [0.4, 0.5) is 0 Å². The first-order chi connectivity index (χ1) is 20.4. The van der Waals surface area contributed by atoms with E-state index < -0.39 is 22.1 Å². The van der Waals surface area contributed by atoms with Crippen LogP contribution in [0.5, 0.6) is 0 Å². The molecule has 2 amide bonds. The summed E-state index contributed by atoms with van der Waals surface area (Å²) in [4.78, 5) is 29.6. The molecule has 242 valence electrons. The van der Waals surface area contributed by atoms with Gasteiger partial charge in [0.25, 0.3) is 0 Å². The summed E-state index contributed by atoms with van der Waals surface area (Å²) in [6, 6.07) is 9.12. The van der Waals surface area contributed by atoms with Gasteiger partial charge in [-0.25, -0.2) is 8.42 Å². The summed E-state index contributed by atoms with van der Waals surface area (Å²) >= 11 is 3.23. The van der Waals surface area contributed by atoms with Crippen molar-refractivity contribution in [1.29, 1.82) is 0 Å². The Bertz CT molecular complexity index is 1130. The van der Waals surface area contributed by atoms with Crippen LogP contribution in [0.2, 0.25) is 0 Å². The molecule has 2 saturated heterocycles. The van der Waals surface area contributed by atoms with Crippen molar-refractivity contribution < 1.29 is 18.0 Å². The number of likely N-dealkylation sites (tertiary alicyclic amines) is 1. The molecule has 5 rings (SSSR count). The number of amides is 2. The third-order valence-corrected chi connectivity index (χ3v) is 14.2. The minimum Gasteiger partial charge on any atom is -0.351 e. The Hall–Kier alpha value is -0.980. The summed E-state index contributed by atoms with van der Waals surface area (Å²) in [5.74, 6) is 2.45. The Kier molecular flexibility index (Phi) is 13.9. The van der Waals surface area contributed by atoms with Crippen molar-refractivity contribution in [3.05, 3.63) is 35.9 Å². The average molecular weight is 673 g/mol. The fourth-order valence-corrected chi connectivity index (χ4v) is 11.8. The summed E-state index contributed by atoms with van der Waals surface area (Å²) in [7, 11) is -3.53. The Morgan fingerprint density at radius 3 is 2.33 bits per heavy atom. The number of benzene rings is 1. The summed E-state index contributed by atoms with van der Waals surface area (Å²) in [6.07, 6.45) is 11.3. The maximum atomic E-state index is 13.6. The zero-order chi connectivity index (χ0) is 29.4. The van der Waals surface area contributed by atoms with E-state index in [0.717, 1.165) is 51.1 Å². The largest absolute Gasteiger partial charge is 0.351 e. The molecule has 43 heavy (non-hydrogen) atoms. The summed E-state index contributed by atoms with van der Waals surface area (Å²) in [5.41, 5.74) is 1.30. The molecule has 12 heteroatoms. The van der Waals surface area contributed by atoms with Gasteiger partial charge < -0.3 is 10.6 Å². The van der Waals surface area contributed by atoms with Gasteiger partial charge in [-0.3, -0.25) is 14.5 Å². The summed E-state index contributed by atoms with van der Waals surface area (Å²) in [6.45, 7) is 2.75. The molecule has 1 aromatic carbocycles. The second kappa shape index (κ2) is 17.1. The van der Waals surface area contributed by atoms with Gasteiger partial charge in [-0.1, -0.05) is 62.4 Å². The van der Waals surface area contributed by atoms with Crippen LogP contribution < -0.4 is 10.6 Å². The number of rotatable bonds is 12. The molecule has 0 spiro atoms. The molecule has 1 aromatic rings. The van der Waals surface area contributed by atoms with Crippen LogP contribution in [-0.4, -0.2) is 89.0 Å². The molecular weight excluding hydrogens is 624 g/mol. The number of piperidine rings is 1. The zero-order valence-electron chi connectivity index (χ0n) is 25.2. The van der Waals surface area contributed by atoms with E-state index in [1.807, 2.05) is 6.07 Å². The molecule has 0 radical (unpaired) electrons. The standard InChI is InChI=1S/C31H48N4O4S3.ClH/c36-30(32-26-15-17-34(18-16-26)19-24-9-3-1-4-10-24)28(21-40-20-25-11-5-2-6-12-25)33-31(37)29-22-41-23-35(29)42(38,39)27-13-7-8-14-27;/h1,3-4,9-10,25-29H,2,5-8,11-23H2,(H,32,36)(H,33,37);1H/t28-,29?;/m0./s1. The van der Waals surface area contributed by atoms with Crippen molar-refractivity contribution in [2.45, 2.75) is 101 Å². The van der Waals surface area contributed by atoms with Gasteiger partial charge in [0.15, 0.2) is 0 Å². The first-order valence-electron chi connectivity index (χ1n) is 15.9. The minimum atomic E-state index is -3.53. The van der Waals surface area contributed by atoms with Crippen LogP contribution in [0.15, 0.2) is 30.3 Å². The van der Waals surface area contributed by atoms with E-state index in [1.165, 1.54) is 53.7 Å². The lowest BCUT2D eigenvalue weighted by atomic mass is 9.91. The van der Waals surface area contributed by atoms with Crippen molar-refractivity contribution >= 4 is 57.8 Å². The highest BCUT2D eigenvalue weighted by atomic mass is 35.5. The van der Waals surface area contributed by atoms with Gasteiger partial charge in [-0.15, -0.1) is 24.2 Å². The Morgan fingerprint density at radius 1 is 0.953 bits per heavy atom. The zero-order valence-corrected chi connectivity index (χ0v) is 28.4. The second-order valence-corrected chi connectivity index (χ2v) is 16.7.